The second-order valence-electron chi connectivity index (χ2n) is 7.01. The number of halogens is 1. The topological polar surface area (TPSA) is 47.6 Å². The first-order valence-corrected chi connectivity index (χ1v) is 10.4. The minimum atomic E-state index is -1.24. The molecule has 2 rings (SSSR count). The highest BCUT2D eigenvalue weighted by atomic mass is 28.3. The molecule has 0 radical (unpaired) electrons. The summed E-state index contributed by atoms with van der Waals surface area (Å²) < 4.78 is 25.1. The molecule has 1 aliphatic heterocycles. The Morgan fingerprint density at radius 3 is 2.68 bits per heavy atom. The molecule has 1 aromatic carbocycles. The fourth-order valence-electron chi connectivity index (χ4n) is 2.41. The first-order chi connectivity index (χ1) is 10.2. The molecule has 0 saturated carbocycles. The minimum absolute atomic E-state index is 0.0787. The maximum atomic E-state index is 13.3. The lowest BCUT2D eigenvalue weighted by Crippen LogP contribution is -2.44. The van der Waals surface area contributed by atoms with Gasteiger partial charge in [0.05, 0.1) is 11.8 Å². The van der Waals surface area contributed by atoms with Crippen molar-refractivity contribution < 1.29 is 18.3 Å². The van der Waals surface area contributed by atoms with E-state index in [-0.39, 0.29) is 23.2 Å². The zero-order chi connectivity index (χ0) is 16.5. The summed E-state index contributed by atoms with van der Waals surface area (Å²) in [7, 11) is -1.24. The summed E-state index contributed by atoms with van der Waals surface area (Å²) in [6.45, 7) is 10.5. The summed E-state index contributed by atoms with van der Waals surface area (Å²) in [5.41, 5.74) is 0.414. The normalized spacial score (nSPS) is 19.4. The molecule has 22 heavy (non-hydrogen) atoms. The molecule has 0 bridgehead atoms. The van der Waals surface area contributed by atoms with Crippen molar-refractivity contribution in [3.05, 3.63) is 24.0 Å². The lowest BCUT2D eigenvalue weighted by atomic mass is 9.85. The van der Waals surface area contributed by atoms with E-state index in [0.717, 1.165) is 0 Å². The van der Waals surface area contributed by atoms with E-state index in [4.69, 9.17) is 9.16 Å². The molecule has 0 fully saturated rings. The summed E-state index contributed by atoms with van der Waals surface area (Å²) in [5, 5.41) is 2.77. The monoisotopic (exact) mass is 325 g/mol. The summed E-state index contributed by atoms with van der Waals surface area (Å²) in [5.74, 6) is -0.215. The van der Waals surface area contributed by atoms with Gasteiger partial charge in [0, 0.05) is 12.5 Å². The number of fused-ring (bicyclic) bond motifs is 1. The number of carbonyl (C=O) groups excluding carboxylic acids is 1. The zero-order valence-electron chi connectivity index (χ0n) is 13.8. The molecule has 1 heterocycles. The molecule has 1 amide bonds. The van der Waals surface area contributed by atoms with Crippen molar-refractivity contribution in [1.82, 2.24) is 0 Å². The van der Waals surface area contributed by atoms with Gasteiger partial charge in [-0.1, -0.05) is 20.8 Å². The maximum absolute atomic E-state index is 13.3. The van der Waals surface area contributed by atoms with E-state index in [2.05, 4.69) is 39.2 Å². The van der Waals surface area contributed by atoms with Gasteiger partial charge in [0.1, 0.15) is 11.6 Å². The van der Waals surface area contributed by atoms with Crippen LogP contribution in [0, 0.1) is 11.2 Å². The summed E-state index contributed by atoms with van der Waals surface area (Å²) >= 11 is 0. The predicted octanol–water partition coefficient (Wildman–Crippen LogP) is 3.33. The van der Waals surface area contributed by atoms with Crippen LogP contribution in [0.1, 0.15) is 27.2 Å². The van der Waals surface area contributed by atoms with Gasteiger partial charge in [-0.25, -0.2) is 4.39 Å². The highest BCUT2D eigenvalue weighted by molar-refractivity contribution is 6.48. The molecule has 6 heteroatoms. The quantitative estimate of drug-likeness (QED) is 0.864. The summed E-state index contributed by atoms with van der Waals surface area (Å²) in [6.07, 6.45) is -0.285. The largest absolute Gasteiger partial charge is 0.478 e. The minimum Gasteiger partial charge on any atom is -0.478 e. The van der Waals surface area contributed by atoms with Gasteiger partial charge in [-0.2, -0.15) is 0 Å². The number of benzene rings is 1. The molecular formula is C16H24FNO3Si. The van der Waals surface area contributed by atoms with Gasteiger partial charge in [-0.3, -0.25) is 4.79 Å². The lowest BCUT2D eigenvalue weighted by molar-refractivity contribution is -0.125. The van der Waals surface area contributed by atoms with Gasteiger partial charge in [-0.15, -0.1) is 0 Å². The van der Waals surface area contributed by atoms with Crippen molar-refractivity contribution in [1.29, 1.82) is 0 Å². The number of rotatable bonds is 4. The standard InChI is InChI=1S/C16H24FNO3Si/c1-16(2,3)14(21-22(4)5)9-13-15(19)18-11-7-6-10(17)8-12(11)20-13/h6-8,13-14,22H,9H2,1-5H3,(H,18,19). The van der Waals surface area contributed by atoms with E-state index < -0.39 is 15.1 Å². The first-order valence-electron chi connectivity index (χ1n) is 7.59. The summed E-state index contributed by atoms with van der Waals surface area (Å²) in [6, 6.07) is 4.11. The predicted molar refractivity (Wildman–Crippen MR) is 87.3 cm³/mol. The molecule has 2 unspecified atom stereocenters. The van der Waals surface area contributed by atoms with Gasteiger partial charge in [0.15, 0.2) is 15.1 Å². The van der Waals surface area contributed by atoms with Crippen LogP contribution >= 0.6 is 0 Å². The molecule has 1 aromatic rings. The van der Waals surface area contributed by atoms with Crippen LogP contribution in [-0.2, 0) is 9.22 Å². The molecule has 0 aromatic heterocycles. The number of carbonyl (C=O) groups is 1. The van der Waals surface area contributed by atoms with Gasteiger partial charge in [0.2, 0.25) is 0 Å². The third-order valence-electron chi connectivity index (χ3n) is 3.59. The van der Waals surface area contributed by atoms with Crippen LogP contribution in [0.25, 0.3) is 0 Å². The van der Waals surface area contributed by atoms with Crippen LogP contribution in [0.15, 0.2) is 18.2 Å². The lowest BCUT2D eigenvalue weighted by Gasteiger charge is -2.36. The molecule has 4 nitrogen and oxygen atoms in total. The van der Waals surface area contributed by atoms with Gasteiger partial charge >= 0.3 is 0 Å². The Morgan fingerprint density at radius 1 is 1.41 bits per heavy atom. The van der Waals surface area contributed by atoms with Crippen molar-refractivity contribution in [3.63, 3.8) is 0 Å². The van der Waals surface area contributed by atoms with Crippen molar-refractivity contribution in [3.8, 4) is 5.75 Å². The highest BCUT2D eigenvalue weighted by Crippen LogP contribution is 2.34. The fourth-order valence-corrected chi connectivity index (χ4v) is 3.58. The van der Waals surface area contributed by atoms with E-state index in [1.165, 1.54) is 18.2 Å². The number of hydrogen-bond acceptors (Lipinski definition) is 3. The highest BCUT2D eigenvalue weighted by Gasteiger charge is 2.35. The maximum Gasteiger partial charge on any atom is 0.265 e. The van der Waals surface area contributed by atoms with Crippen molar-refractivity contribution in [2.45, 2.75) is 52.5 Å². The second kappa shape index (κ2) is 6.38. The van der Waals surface area contributed by atoms with Crippen molar-refractivity contribution in [2.75, 3.05) is 5.32 Å². The van der Waals surface area contributed by atoms with E-state index in [9.17, 15) is 9.18 Å². The van der Waals surface area contributed by atoms with Crippen LogP contribution in [0.3, 0.4) is 0 Å². The van der Waals surface area contributed by atoms with E-state index in [1.807, 2.05) is 0 Å². The molecule has 1 aliphatic rings. The Kier molecular flexibility index (Phi) is 4.92. The number of anilines is 1. The van der Waals surface area contributed by atoms with E-state index in [1.54, 1.807) is 0 Å². The Bertz CT molecular complexity index is 557. The molecule has 0 spiro atoms. The first kappa shape index (κ1) is 17.0. The van der Waals surface area contributed by atoms with Gasteiger partial charge in [0.25, 0.3) is 5.91 Å². The van der Waals surface area contributed by atoms with Crippen molar-refractivity contribution >= 4 is 20.6 Å². The SMILES string of the molecule is C[SiH](C)OC(CC1Oc2cc(F)ccc2NC1=O)C(C)(C)C. The average molecular weight is 325 g/mol. The average Bonchev–Trinajstić information content (AvgIpc) is 2.37. The fraction of sp³-hybridized carbons (Fsp3) is 0.562. The van der Waals surface area contributed by atoms with E-state index >= 15 is 0 Å². The third kappa shape index (κ3) is 4.07. The number of nitrogens with one attached hydrogen (secondary N) is 1. The molecule has 2 atom stereocenters. The Labute approximate surface area is 132 Å². The van der Waals surface area contributed by atoms with E-state index in [0.29, 0.717) is 17.9 Å². The smallest absolute Gasteiger partial charge is 0.265 e. The third-order valence-corrected chi connectivity index (χ3v) is 4.47. The molecule has 0 saturated heterocycles. The van der Waals surface area contributed by atoms with Crippen LogP contribution in [0.4, 0.5) is 10.1 Å². The molecule has 1 N–H and O–H groups in total. The number of amides is 1. The molecule has 122 valence electrons. The zero-order valence-corrected chi connectivity index (χ0v) is 14.9. The second-order valence-corrected chi connectivity index (χ2v) is 9.38. The molecular weight excluding hydrogens is 301 g/mol. The van der Waals surface area contributed by atoms with Crippen LogP contribution < -0.4 is 10.1 Å². The van der Waals surface area contributed by atoms with Crippen LogP contribution in [-0.4, -0.2) is 27.2 Å². The van der Waals surface area contributed by atoms with Crippen LogP contribution in [0.5, 0.6) is 5.75 Å². The Morgan fingerprint density at radius 2 is 2.09 bits per heavy atom. The number of hydrogen-bond donors (Lipinski definition) is 1. The Balaban J connectivity index is 2.16. The van der Waals surface area contributed by atoms with Crippen molar-refractivity contribution in [2.24, 2.45) is 5.41 Å². The number of ether oxygens (including phenoxy) is 1. The Hall–Kier alpha value is -1.40. The summed E-state index contributed by atoms with van der Waals surface area (Å²) in [4.78, 5) is 12.2. The van der Waals surface area contributed by atoms with Crippen LogP contribution in [0.2, 0.25) is 13.1 Å². The van der Waals surface area contributed by atoms with Gasteiger partial charge < -0.3 is 14.5 Å². The molecule has 0 aliphatic carbocycles. The van der Waals surface area contributed by atoms with Gasteiger partial charge in [-0.05, 0) is 30.6 Å².